The molecule has 40 heavy (non-hydrogen) atoms. The zero-order valence-corrected chi connectivity index (χ0v) is 23.4. The van der Waals surface area contributed by atoms with Gasteiger partial charge in [0.15, 0.2) is 17.4 Å². The summed E-state index contributed by atoms with van der Waals surface area (Å²) in [6, 6.07) is 4.93. The number of piperazine rings is 1. The molecular weight excluding hydrogens is 598 g/mol. The molecule has 4 rings (SSSR count). The minimum Gasteiger partial charge on any atom is -0.451 e. The molecular formula is C23H27ClF2N4O8S2. The van der Waals surface area contributed by atoms with Crippen LogP contribution in [0.5, 0.6) is 11.5 Å². The van der Waals surface area contributed by atoms with Gasteiger partial charge in [0, 0.05) is 44.3 Å². The summed E-state index contributed by atoms with van der Waals surface area (Å²) in [4.78, 5) is 13.5. The lowest BCUT2D eigenvalue weighted by Gasteiger charge is -2.38. The van der Waals surface area contributed by atoms with Crippen molar-refractivity contribution in [2.75, 3.05) is 58.2 Å². The van der Waals surface area contributed by atoms with Crippen LogP contribution >= 0.6 is 11.6 Å². The third-order valence-electron chi connectivity index (χ3n) is 6.48. The average Bonchev–Trinajstić information content (AvgIpc) is 2.94. The van der Waals surface area contributed by atoms with Gasteiger partial charge < -0.3 is 9.47 Å². The maximum Gasteiger partial charge on any atom is 0.263 e. The molecule has 2 aromatic carbocycles. The molecule has 220 valence electrons. The largest absolute Gasteiger partial charge is 0.451 e. The fourth-order valence-corrected chi connectivity index (χ4v) is 7.50. The average molecular weight is 625 g/mol. The highest BCUT2D eigenvalue weighted by Gasteiger charge is 2.43. The van der Waals surface area contributed by atoms with E-state index in [9.17, 15) is 35.6 Å². The number of carbonyl (C=O) groups excluding carboxylic acids is 1. The minimum absolute atomic E-state index is 0.0449. The Morgan fingerprint density at radius 2 is 1.68 bits per heavy atom. The van der Waals surface area contributed by atoms with Crippen molar-refractivity contribution in [2.24, 2.45) is 0 Å². The van der Waals surface area contributed by atoms with Crippen LogP contribution in [0.4, 0.5) is 8.78 Å². The standard InChI is InChI=1S/C23H27ClF2N4O8S2/c24-16-1-3-17(4-2-16)38-22-19(25)13-18(14-20(22)26)40(35,36)30-6-5-29(15-21(30)23(31)27-32)39(33,34)12-9-28-7-10-37-11-8-28/h1-4,13-14,21,32H,5-12,15H2,(H,27,31)/t21-/m0/s1. The van der Waals surface area contributed by atoms with E-state index in [1.165, 1.54) is 29.7 Å². The second kappa shape index (κ2) is 12.6. The van der Waals surface area contributed by atoms with Crippen LogP contribution in [0.3, 0.4) is 0 Å². The molecule has 2 N–H and O–H groups in total. The van der Waals surface area contributed by atoms with E-state index in [1.54, 1.807) is 0 Å². The van der Waals surface area contributed by atoms with Gasteiger partial charge in [0.25, 0.3) is 5.91 Å². The number of ether oxygens (including phenoxy) is 2. The van der Waals surface area contributed by atoms with Gasteiger partial charge in [0.2, 0.25) is 20.0 Å². The van der Waals surface area contributed by atoms with Crippen LogP contribution in [0, 0.1) is 11.6 Å². The van der Waals surface area contributed by atoms with E-state index >= 15 is 0 Å². The predicted octanol–water partition coefficient (Wildman–Crippen LogP) is 1.25. The highest BCUT2D eigenvalue weighted by molar-refractivity contribution is 7.89. The second-order valence-corrected chi connectivity index (χ2v) is 13.4. The van der Waals surface area contributed by atoms with Gasteiger partial charge in [-0.2, -0.15) is 8.61 Å². The molecule has 2 fully saturated rings. The Labute approximate surface area is 235 Å². The summed E-state index contributed by atoms with van der Waals surface area (Å²) in [6.07, 6.45) is 0. The lowest BCUT2D eigenvalue weighted by atomic mass is 10.2. The van der Waals surface area contributed by atoms with E-state index < -0.39 is 67.4 Å². The molecule has 2 aliphatic rings. The van der Waals surface area contributed by atoms with Crippen LogP contribution in [-0.2, 0) is 29.6 Å². The van der Waals surface area contributed by atoms with Crippen molar-refractivity contribution >= 4 is 37.6 Å². The van der Waals surface area contributed by atoms with E-state index in [2.05, 4.69) is 0 Å². The van der Waals surface area contributed by atoms with Gasteiger partial charge in [-0.1, -0.05) is 11.6 Å². The van der Waals surface area contributed by atoms with Crippen LogP contribution in [0.1, 0.15) is 0 Å². The number of hydrogen-bond acceptors (Lipinski definition) is 9. The lowest BCUT2D eigenvalue weighted by Crippen LogP contribution is -2.61. The smallest absolute Gasteiger partial charge is 0.263 e. The summed E-state index contributed by atoms with van der Waals surface area (Å²) >= 11 is 5.79. The Kier molecular flexibility index (Phi) is 9.62. The first-order chi connectivity index (χ1) is 18.9. The fourth-order valence-electron chi connectivity index (χ4n) is 4.31. The second-order valence-electron chi connectivity index (χ2n) is 9.01. The Morgan fingerprint density at radius 3 is 2.27 bits per heavy atom. The summed E-state index contributed by atoms with van der Waals surface area (Å²) in [5.41, 5.74) is 1.34. The number of nitrogens with one attached hydrogen (secondary N) is 1. The summed E-state index contributed by atoms with van der Waals surface area (Å²) < 4.78 is 94.5. The Balaban J connectivity index is 1.54. The number of amides is 1. The fraction of sp³-hybridized carbons (Fsp3) is 0.435. The number of hydroxylamine groups is 1. The van der Waals surface area contributed by atoms with Crippen molar-refractivity contribution in [2.45, 2.75) is 10.9 Å². The first kappa shape index (κ1) is 30.5. The third kappa shape index (κ3) is 6.88. The molecule has 0 spiro atoms. The van der Waals surface area contributed by atoms with E-state index in [0.717, 1.165) is 4.31 Å². The van der Waals surface area contributed by atoms with Crippen molar-refractivity contribution in [3.63, 3.8) is 0 Å². The molecule has 0 unspecified atom stereocenters. The Hall–Kier alpha value is -2.44. The summed E-state index contributed by atoms with van der Waals surface area (Å²) in [5.74, 6) is -4.97. The molecule has 1 amide bonds. The molecule has 0 aliphatic carbocycles. The maximum absolute atomic E-state index is 14.9. The molecule has 2 aliphatic heterocycles. The SMILES string of the molecule is O=C(NO)[C@@H]1CN(S(=O)(=O)CCN2CCOCC2)CCN1S(=O)(=O)c1cc(F)c(Oc2ccc(Cl)cc2)c(F)c1. The lowest BCUT2D eigenvalue weighted by molar-refractivity contribution is -0.134. The predicted molar refractivity (Wildman–Crippen MR) is 138 cm³/mol. The van der Waals surface area contributed by atoms with Crippen LogP contribution < -0.4 is 10.2 Å². The van der Waals surface area contributed by atoms with Crippen LogP contribution in [0.2, 0.25) is 5.02 Å². The monoisotopic (exact) mass is 624 g/mol. The molecule has 0 bridgehead atoms. The molecule has 0 aromatic heterocycles. The number of nitrogens with zero attached hydrogens (tertiary/aromatic N) is 3. The van der Waals surface area contributed by atoms with Gasteiger partial charge in [0.1, 0.15) is 11.8 Å². The number of rotatable bonds is 9. The number of hydrogen-bond donors (Lipinski definition) is 2. The molecule has 2 heterocycles. The highest BCUT2D eigenvalue weighted by atomic mass is 35.5. The first-order valence-corrected chi connectivity index (χ1v) is 15.5. The minimum atomic E-state index is -4.74. The van der Waals surface area contributed by atoms with Crippen molar-refractivity contribution < 1.29 is 45.1 Å². The zero-order chi connectivity index (χ0) is 29.1. The Bertz CT molecular complexity index is 1420. The van der Waals surface area contributed by atoms with Gasteiger partial charge in [-0.3, -0.25) is 14.9 Å². The normalized spacial score (nSPS) is 19.9. The molecule has 0 saturated carbocycles. The van der Waals surface area contributed by atoms with Crippen LogP contribution in [0.15, 0.2) is 41.3 Å². The number of carbonyl (C=O) groups is 1. The van der Waals surface area contributed by atoms with Gasteiger partial charge in [-0.15, -0.1) is 0 Å². The molecule has 17 heteroatoms. The quantitative estimate of drug-likeness (QED) is 0.311. The van der Waals surface area contributed by atoms with Crippen molar-refractivity contribution in [1.82, 2.24) is 19.0 Å². The highest BCUT2D eigenvalue weighted by Crippen LogP contribution is 2.32. The number of halogens is 3. The molecule has 12 nitrogen and oxygen atoms in total. The summed E-state index contributed by atoms with van der Waals surface area (Å²) in [5, 5.41) is 9.60. The van der Waals surface area contributed by atoms with Crippen LogP contribution in [0.25, 0.3) is 0 Å². The maximum atomic E-state index is 14.9. The summed E-state index contributed by atoms with van der Waals surface area (Å²) in [7, 11) is -8.66. The molecule has 2 saturated heterocycles. The molecule has 1 atom stereocenters. The van der Waals surface area contributed by atoms with Gasteiger partial charge >= 0.3 is 0 Å². The first-order valence-electron chi connectivity index (χ1n) is 12.1. The molecule has 2 aromatic rings. The van der Waals surface area contributed by atoms with Crippen molar-refractivity contribution in [1.29, 1.82) is 0 Å². The van der Waals surface area contributed by atoms with Crippen LogP contribution in [-0.4, -0.2) is 106 Å². The number of benzene rings is 2. The topological polar surface area (TPSA) is 146 Å². The van der Waals surface area contributed by atoms with Gasteiger partial charge in [-0.25, -0.2) is 31.1 Å². The third-order valence-corrected chi connectivity index (χ3v) is 10.4. The number of sulfonamides is 2. The Morgan fingerprint density at radius 1 is 1.05 bits per heavy atom. The van der Waals surface area contributed by atoms with Crippen molar-refractivity contribution in [3.8, 4) is 11.5 Å². The summed E-state index contributed by atoms with van der Waals surface area (Å²) in [6.45, 7) is 0.854. The number of morpholine rings is 1. The van der Waals surface area contributed by atoms with E-state index in [-0.39, 0.29) is 24.6 Å². The van der Waals surface area contributed by atoms with E-state index in [4.69, 9.17) is 21.1 Å². The van der Waals surface area contributed by atoms with Gasteiger partial charge in [0.05, 0.1) is 23.9 Å². The van der Waals surface area contributed by atoms with Gasteiger partial charge in [-0.05, 0) is 36.4 Å². The van der Waals surface area contributed by atoms with E-state index in [1.807, 2.05) is 4.90 Å². The van der Waals surface area contributed by atoms with E-state index in [0.29, 0.717) is 47.8 Å². The van der Waals surface area contributed by atoms with Crippen molar-refractivity contribution in [3.05, 3.63) is 53.1 Å². The molecule has 0 radical (unpaired) electrons. The zero-order valence-electron chi connectivity index (χ0n) is 21.0.